The molecule has 0 aromatic carbocycles. The van der Waals surface area contributed by atoms with Crippen LogP contribution < -0.4 is 0 Å². The van der Waals surface area contributed by atoms with E-state index in [1.165, 1.54) is 11.0 Å². The minimum absolute atomic E-state index is 0.143. The van der Waals surface area contributed by atoms with E-state index < -0.39 is 11.7 Å². The third kappa shape index (κ3) is 1.35. The third-order valence-electron chi connectivity index (χ3n) is 2.92. The SMILES string of the molecule is O=C1C2C(F)=CC=CC2=NC(=S)N1C1CC1. The number of amides is 1. The summed E-state index contributed by atoms with van der Waals surface area (Å²) in [5, 5.41) is 0.276. The van der Waals surface area contributed by atoms with Gasteiger partial charge < -0.3 is 0 Å². The van der Waals surface area contributed by atoms with Gasteiger partial charge in [0.1, 0.15) is 11.7 Å². The fourth-order valence-corrected chi connectivity index (χ4v) is 2.33. The van der Waals surface area contributed by atoms with Crippen LogP contribution in [0.15, 0.2) is 29.0 Å². The molecule has 3 rings (SSSR count). The van der Waals surface area contributed by atoms with Crippen molar-refractivity contribution in [2.45, 2.75) is 18.9 Å². The van der Waals surface area contributed by atoms with Crippen LogP contribution in [0.5, 0.6) is 0 Å². The number of fused-ring (bicyclic) bond motifs is 1. The summed E-state index contributed by atoms with van der Waals surface area (Å²) in [5.74, 6) is -1.58. The average Bonchev–Trinajstić information content (AvgIpc) is 3.01. The molecule has 0 bridgehead atoms. The molecule has 1 amide bonds. The van der Waals surface area contributed by atoms with Crippen LogP contribution in [0.25, 0.3) is 0 Å². The first-order valence-corrected chi connectivity index (χ1v) is 5.58. The van der Waals surface area contributed by atoms with E-state index in [0.717, 1.165) is 12.8 Å². The average molecular weight is 236 g/mol. The highest BCUT2D eigenvalue weighted by Gasteiger charge is 2.44. The maximum Gasteiger partial charge on any atom is 0.245 e. The zero-order valence-electron chi connectivity index (χ0n) is 8.39. The van der Waals surface area contributed by atoms with E-state index in [-0.39, 0.29) is 17.1 Å². The summed E-state index contributed by atoms with van der Waals surface area (Å²) in [5.41, 5.74) is 0.423. The van der Waals surface area contributed by atoms with Crippen molar-refractivity contribution in [1.82, 2.24) is 4.90 Å². The second-order valence-electron chi connectivity index (χ2n) is 4.10. The smallest absolute Gasteiger partial charge is 0.245 e. The van der Waals surface area contributed by atoms with Crippen molar-refractivity contribution in [2.75, 3.05) is 0 Å². The Morgan fingerprint density at radius 3 is 2.94 bits per heavy atom. The van der Waals surface area contributed by atoms with Gasteiger partial charge in [-0.05, 0) is 37.2 Å². The quantitative estimate of drug-likeness (QED) is 0.650. The lowest BCUT2D eigenvalue weighted by atomic mass is 9.94. The molecule has 1 fully saturated rings. The van der Waals surface area contributed by atoms with Crippen LogP contribution in [0.1, 0.15) is 12.8 Å². The molecular weight excluding hydrogens is 227 g/mol. The number of allylic oxidation sites excluding steroid dienone is 3. The van der Waals surface area contributed by atoms with E-state index in [4.69, 9.17) is 12.2 Å². The fraction of sp³-hybridized carbons (Fsp3) is 0.364. The van der Waals surface area contributed by atoms with E-state index in [1.807, 2.05) is 0 Å². The van der Waals surface area contributed by atoms with E-state index in [1.54, 1.807) is 12.2 Å². The summed E-state index contributed by atoms with van der Waals surface area (Å²) >= 11 is 5.07. The Balaban J connectivity index is 2.04. The van der Waals surface area contributed by atoms with Crippen LogP contribution >= 0.6 is 12.2 Å². The van der Waals surface area contributed by atoms with Gasteiger partial charge in [-0.1, -0.05) is 6.08 Å². The second-order valence-corrected chi connectivity index (χ2v) is 4.47. The van der Waals surface area contributed by atoms with Gasteiger partial charge in [-0.3, -0.25) is 9.69 Å². The van der Waals surface area contributed by atoms with Crippen molar-refractivity contribution < 1.29 is 9.18 Å². The van der Waals surface area contributed by atoms with Gasteiger partial charge in [0.05, 0.1) is 5.71 Å². The molecule has 1 heterocycles. The summed E-state index contributed by atoms with van der Waals surface area (Å²) in [6.45, 7) is 0. The molecule has 1 unspecified atom stereocenters. The van der Waals surface area contributed by atoms with Gasteiger partial charge in [-0.15, -0.1) is 0 Å². The molecule has 3 nitrogen and oxygen atoms in total. The lowest BCUT2D eigenvalue weighted by molar-refractivity contribution is -0.129. The molecule has 82 valence electrons. The number of carbonyl (C=O) groups is 1. The Kier molecular flexibility index (Phi) is 2.04. The van der Waals surface area contributed by atoms with E-state index in [0.29, 0.717) is 5.71 Å². The number of halogens is 1. The summed E-state index contributed by atoms with van der Waals surface area (Å²) in [6, 6.07) is 0.143. The van der Waals surface area contributed by atoms with Crippen molar-refractivity contribution in [1.29, 1.82) is 0 Å². The largest absolute Gasteiger partial charge is 0.283 e. The molecule has 2 aliphatic carbocycles. The molecular formula is C11H9FN2OS. The summed E-state index contributed by atoms with van der Waals surface area (Å²) in [7, 11) is 0. The summed E-state index contributed by atoms with van der Waals surface area (Å²) in [6.07, 6.45) is 6.37. The molecule has 1 aliphatic heterocycles. The van der Waals surface area contributed by atoms with Crippen LogP contribution in [-0.4, -0.2) is 27.7 Å². The number of hydrogen-bond donors (Lipinski definition) is 0. The van der Waals surface area contributed by atoms with Crippen LogP contribution in [-0.2, 0) is 4.79 Å². The van der Waals surface area contributed by atoms with Gasteiger partial charge in [-0.25, -0.2) is 9.38 Å². The maximum atomic E-state index is 13.6. The second kappa shape index (κ2) is 3.31. The van der Waals surface area contributed by atoms with Crippen LogP contribution in [0.4, 0.5) is 4.39 Å². The number of rotatable bonds is 1. The molecule has 0 spiro atoms. The summed E-state index contributed by atoms with van der Waals surface area (Å²) < 4.78 is 13.6. The zero-order valence-corrected chi connectivity index (χ0v) is 9.21. The number of thiocarbonyl (C=S) groups is 1. The van der Waals surface area contributed by atoms with Gasteiger partial charge in [-0.2, -0.15) is 0 Å². The first-order chi connectivity index (χ1) is 7.68. The molecule has 0 radical (unpaired) electrons. The molecule has 1 atom stereocenters. The Hall–Kier alpha value is -1.36. The van der Waals surface area contributed by atoms with Crippen molar-refractivity contribution >= 4 is 28.9 Å². The van der Waals surface area contributed by atoms with Gasteiger partial charge >= 0.3 is 0 Å². The van der Waals surface area contributed by atoms with Crippen molar-refractivity contribution in [3.63, 3.8) is 0 Å². The zero-order chi connectivity index (χ0) is 11.3. The standard InChI is InChI=1S/C11H9FN2OS/c12-7-2-1-3-8-9(7)10(15)14(6-4-5-6)11(16)13-8/h1-3,6,9H,4-5H2. The van der Waals surface area contributed by atoms with Gasteiger partial charge in [0.2, 0.25) is 11.0 Å². The molecule has 16 heavy (non-hydrogen) atoms. The van der Waals surface area contributed by atoms with Crippen LogP contribution in [0.2, 0.25) is 0 Å². The molecule has 0 saturated heterocycles. The van der Waals surface area contributed by atoms with Gasteiger partial charge in [0, 0.05) is 6.04 Å². The van der Waals surface area contributed by atoms with E-state index in [9.17, 15) is 9.18 Å². The van der Waals surface area contributed by atoms with Crippen molar-refractivity contribution in [3.05, 3.63) is 24.1 Å². The van der Waals surface area contributed by atoms with Gasteiger partial charge in [0.25, 0.3) is 0 Å². The highest BCUT2D eigenvalue weighted by atomic mass is 32.1. The van der Waals surface area contributed by atoms with E-state index in [2.05, 4.69) is 4.99 Å². The predicted molar refractivity (Wildman–Crippen MR) is 61.7 cm³/mol. The molecule has 0 aromatic rings. The number of aliphatic imine (C=N–C) groups is 1. The lowest BCUT2D eigenvalue weighted by Gasteiger charge is -2.30. The van der Waals surface area contributed by atoms with Crippen molar-refractivity contribution in [2.24, 2.45) is 10.9 Å². The maximum absolute atomic E-state index is 13.6. The highest BCUT2D eigenvalue weighted by Crippen LogP contribution is 2.34. The first kappa shape index (κ1) is 9.84. The molecule has 1 saturated carbocycles. The molecule has 0 N–H and O–H groups in total. The first-order valence-electron chi connectivity index (χ1n) is 5.18. The van der Waals surface area contributed by atoms with Crippen LogP contribution in [0, 0.1) is 5.92 Å². The highest BCUT2D eigenvalue weighted by molar-refractivity contribution is 7.80. The number of nitrogens with zero attached hydrogens (tertiary/aromatic N) is 2. The van der Waals surface area contributed by atoms with Crippen molar-refractivity contribution in [3.8, 4) is 0 Å². The Labute approximate surface area is 97.3 Å². The van der Waals surface area contributed by atoms with Crippen LogP contribution in [0.3, 0.4) is 0 Å². The van der Waals surface area contributed by atoms with E-state index >= 15 is 0 Å². The minimum Gasteiger partial charge on any atom is -0.283 e. The Bertz CT molecular complexity index is 476. The minimum atomic E-state index is -0.864. The lowest BCUT2D eigenvalue weighted by Crippen LogP contribution is -2.47. The van der Waals surface area contributed by atoms with Gasteiger partial charge in [0.15, 0.2) is 0 Å². The number of hydrogen-bond acceptors (Lipinski definition) is 2. The topological polar surface area (TPSA) is 32.7 Å². The Morgan fingerprint density at radius 2 is 2.25 bits per heavy atom. The normalized spacial score (nSPS) is 28.8. The molecule has 5 heteroatoms. The monoisotopic (exact) mass is 236 g/mol. The third-order valence-corrected chi connectivity index (χ3v) is 3.21. The fourth-order valence-electron chi connectivity index (χ4n) is 1.99. The Morgan fingerprint density at radius 1 is 1.50 bits per heavy atom. The molecule has 0 aromatic heterocycles. The number of carbonyl (C=O) groups excluding carboxylic acids is 1. The summed E-state index contributed by atoms with van der Waals surface area (Å²) in [4.78, 5) is 17.7. The predicted octanol–water partition coefficient (Wildman–Crippen LogP) is 1.76. The molecule has 3 aliphatic rings.